The smallest absolute Gasteiger partial charge is 0.296 e. The number of rotatable bonds is 5. The topological polar surface area (TPSA) is 42.0 Å². The average Bonchev–Trinajstić information content (AvgIpc) is 3.02. The van der Waals surface area contributed by atoms with E-state index in [-0.39, 0.29) is 5.69 Å². The summed E-state index contributed by atoms with van der Waals surface area (Å²) in [5.41, 5.74) is 0.453. The van der Waals surface area contributed by atoms with Crippen molar-refractivity contribution in [2.75, 3.05) is 5.32 Å². The van der Waals surface area contributed by atoms with Crippen LogP contribution in [-0.2, 0) is 4.79 Å². The van der Waals surface area contributed by atoms with Crippen LogP contribution in [0.5, 0.6) is 0 Å². The van der Waals surface area contributed by atoms with Gasteiger partial charge < -0.3 is 0 Å². The van der Waals surface area contributed by atoms with Gasteiger partial charge in [0.25, 0.3) is 0 Å². The molecule has 0 saturated heterocycles. The first-order valence-electron chi connectivity index (χ1n) is 6.84. The molecule has 0 fully saturated rings. The highest BCUT2D eigenvalue weighted by molar-refractivity contribution is 7.14. The largest absolute Gasteiger partial charge is 0.460 e. The van der Waals surface area contributed by atoms with E-state index in [9.17, 15) is 44.3 Å². The first-order chi connectivity index (χ1) is 12.6. The molecule has 0 unspecified atom stereocenters. The molecule has 1 amide bonds. The third-order valence-electron chi connectivity index (χ3n) is 3.29. The lowest BCUT2D eigenvalue weighted by Crippen LogP contribution is -2.64. The minimum Gasteiger partial charge on any atom is -0.296 e. The Morgan fingerprint density at radius 1 is 0.929 bits per heavy atom. The van der Waals surface area contributed by atoms with Gasteiger partial charge in [0.2, 0.25) is 0 Å². The van der Waals surface area contributed by atoms with Crippen LogP contribution in [0.4, 0.5) is 44.6 Å². The van der Waals surface area contributed by atoms with Crippen LogP contribution in [-0.4, -0.2) is 34.8 Å². The van der Waals surface area contributed by atoms with Gasteiger partial charge in [-0.15, -0.1) is 11.3 Å². The number of aromatic nitrogens is 1. The lowest BCUT2D eigenvalue weighted by atomic mass is 10.0. The maximum absolute atomic E-state index is 13.5. The summed E-state index contributed by atoms with van der Waals surface area (Å²) in [5, 5.41) is 1.94. The number of thiazole rings is 1. The Morgan fingerprint density at radius 3 is 1.96 bits per heavy atom. The van der Waals surface area contributed by atoms with Crippen molar-refractivity contribution in [1.82, 2.24) is 4.98 Å². The van der Waals surface area contributed by atoms with Gasteiger partial charge in [-0.1, -0.05) is 23.7 Å². The van der Waals surface area contributed by atoms with E-state index in [1.165, 1.54) is 29.6 Å². The Labute approximate surface area is 159 Å². The van der Waals surface area contributed by atoms with Gasteiger partial charge in [-0.05, 0) is 12.1 Å². The highest BCUT2D eigenvalue weighted by Crippen LogP contribution is 2.53. The second-order valence-corrected chi connectivity index (χ2v) is 6.51. The Morgan fingerprint density at radius 2 is 1.46 bits per heavy atom. The van der Waals surface area contributed by atoms with Crippen molar-refractivity contribution in [3.05, 3.63) is 34.7 Å². The number of carbonyl (C=O) groups is 1. The number of amides is 1. The standard InChI is InChI=1S/C14H6ClF9N2OS/c15-7-3-1-6(2-4-7)8-5-28-10(25-8)26-9(27)11(16,17)12(18,19)13(20,21)14(22,23)24/h1-5H,(H,25,26,27). The lowest BCUT2D eigenvalue weighted by molar-refractivity contribution is -0.388. The molecule has 1 aromatic carbocycles. The molecule has 3 nitrogen and oxygen atoms in total. The van der Waals surface area contributed by atoms with Crippen LogP contribution in [0, 0.1) is 0 Å². The minimum absolute atomic E-state index is 0.0765. The number of halogens is 10. The second kappa shape index (κ2) is 7.10. The first kappa shape index (κ1) is 22.3. The normalized spacial score (nSPS) is 13.5. The van der Waals surface area contributed by atoms with Crippen molar-refractivity contribution < 1.29 is 44.3 Å². The number of nitrogens with one attached hydrogen (secondary N) is 1. The molecule has 0 atom stereocenters. The summed E-state index contributed by atoms with van der Waals surface area (Å²) in [6.07, 6.45) is -7.01. The Hall–Kier alpha value is -2.02. The Bertz CT molecular complexity index is 864. The maximum Gasteiger partial charge on any atom is 0.460 e. The summed E-state index contributed by atoms with van der Waals surface area (Å²) in [6.45, 7) is 0. The number of benzene rings is 1. The van der Waals surface area contributed by atoms with E-state index >= 15 is 0 Å². The van der Waals surface area contributed by atoms with E-state index in [0.29, 0.717) is 21.9 Å². The van der Waals surface area contributed by atoms with Gasteiger partial charge in [-0.25, -0.2) is 4.98 Å². The van der Waals surface area contributed by atoms with Gasteiger partial charge in [-0.3, -0.25) is 10.1 Å². The van der Waals surface area contributed by atoms with Gasteiger partial charge >= 0.3 is 29.9 Å². The summed E-state index contributed by atoms with van der Waals surface area (Å²) in [4.78, 5) is 15.0. The van der Waals surface area contributed by atoms with Crippen molar-refractivity contribution in [2.45, 2.75) is 23.9 Å². The average molecular weight is 457 g/mol. The van der Waals surface area contributed by atoms with E-state index < -0.39 is 35.0 Å². The van der Waals surface area contributed by atoms with Gasteiger partial charge in [0, 0.05) is 16.0 Å². The number of hydrogen-bond donors (Lipinski definition) is 1. The minimum atomic E-state index is -7.15. The molecule has 0 radical (unpaired) electrons. The number of carbonyl (C=O) groups excluding carboxylic acids is 1. The van der Waals surface area contributed by atoms with Crippen LogP contribution >= 0.6 is 22.9 Å². The van der Waals surface area contributed by atoms with Gasteiger partial charge in [0.05, 0.1) is 5.69 Å². The molecule has 2 aromatic rings. The fourth-order valence-corrected chi connectivity index (χ4v) is 2.62. The molecule has 0 spiro atoms. The third kappa shape index (κ3) is 3.77. The molecule has 0 aliphatic rings. The fraction of sp³-hybridized carbons (Fsp3) is 0.286. The third-order valence-corrected chi connectivity index (χ3v) is 4.30. The zero-order chi connectivity index (χ0) is 21.5. The molecule has 14 heteroatoms. The summed E-state index contributed by atoms with van der Waals surface area (Å²) in [6, 6.07) is 5.75. The molecule has 0 aliphatic heterocycles. The van der Waals surface area contributed by atoms with Crippen molar-refractivity contribution in [3.63, 3.8) is 0 Å². The summed E-state index contributed by atoms with van der Waals surface area (Å²) in [5.74, 6) is -23.7. The zero-order valence-electron chi connectivity index (χ0n) is 12.9. The monoisotopic (exact) mass is 456 g/mol. The number of alkyl halides is 9. The number of nitrogens with zero attached hydrogens (tertiary/aromatic N) is 1. The molecule has 1 heterocycles. The molecule has 0 bridgehead atoms. The van der Waals surface area contributed by atoms with Crippen LogP contribution < -0.4 is 5.32 Å². The predicted molar refractivity (Wildman–Crippen MR) is 82.1 cm³/mol. The van der Waals surface area contributed by atoms with Gasteiger partial charge in [-0.2, -0.15) is 39.5 Å². The van der Waals surface area contributed by atoms with Crippen molar-refractivity contribution in [1.29, 1.82) is 0 Å². The number of hydrogen-bond acceptors (Lipinski definition) is 3. The summed E-state index contributed by atoms with van der Waals surface area (Å²) >= 11 is 6.12. The van der Waals surface area contributed by atoms with Crippen LogP contribution in [0.3, 0.4) is 0 Å². The highest BCUT2D eigenvalue weighted by atomic mass is 35.5. The molecule has 28 heavy (non-hydrogen) atoms. The molecule has 1 aromatic heterocycles. The molecule has 2 rings (SSSR count). The van der Waals surface area contributed by atoms with E-state index in [0.717, 1.165) is 5.32 Å². The van der Waals surface area contributed by atoms with Crippen molar-refractivity contribution >= 4 is 34.0 Å². The first-order valence-corrected chi connectivity index (χ1v) is 8.10. The maximum atomic E-state index is 13.5. The van der Waals surface area contributed by atoms with Crippen LogP contribution in [0.1, 0.15) is 0 Å². The molecular weight excluding hydrogens is 451 g/mol. The van der Waals surface area contributed by atoms with Crippen LogP contribution in [0.2, 0.25) is 5.02 Å². The highest BCUT2D eigenvalue weighted by Gasteiger charge is 2.83. The Balaban J connectivity index is 2.25. The SMILES string of the molecule is O=C(Nc1nc(-c2ccc(Cl)cc2)cs1)C(F)(F)C(F)(F)C(F)(F)C(F)(F)F. The molecule has 1 N–H and O–H groups in total. The quantitative estimate of drug-likeness (QED) is 0.572. The number of anilines is 1. The molecule has 154 valence electrons. The van der Waals surface area contributed by atoms with E-state index in [1.807, 2.05) is 0 Å². The van der Waals surface area contributed by atoms with Crippen LogP contribution in [0.15, 0.2) is 29.6 Å². The second-order valence-electron chi connectivity index (χ2n) is 5.22. The van der Waals surface area contributed by atoms with Gasteiger partial charge in [0.15, 0.2) is 5.13 Å². The van der Waals surface area contributed by atoms with Gasteiger partial charge in [0.1, 0.15) is 0 Å². The Kier molecular flexibility index (Phi) is 5.65. The van der Waals surface area contributed by atoms with E-state index in [4.69, 9.17) is 11.6 Å². The molecular formula is C14H6ClF9N2OS. The summed E-state index contributed by atoms with van der Waals surface area (Å²) in [7, 11) is 0. The van der Waals surface area contributed by atoms with E-state index in [2.05, 4.69) is 4.98 Å². The van der Waals surface area contributed by atoms with Crippen molar-refractivity contribution in [3.8, 4) is 11.3 Å². The molecule has 0 saturated carbocycles. The van der Waals surface area contributed by atoms with Crippen LogP contribution in [0.25, 0.3) is 11.3 Å². The van der Waals surface area contributed by atoms with E-state index in [1.54, 1.807) is 0 Å². The predicted octanol–water partition coefficient (Wildman–Crippen LogP) is 5.87. The fourth-order valence-electron chi connectivity index (χ4n) is 1.78. The molecule has 0 aliphatic carbocycles. The zero-order valence-corrected chi connectivity index (χ0v) is 14.5. The van der Waals surface area contributed by atoms with Crippen molar-refractivity contribution in [2.24, 2.45) is 0 Å². The summed E-state index contributed by atoms with van der Waals surface area (Å²) < 4.78 is 115. The lowest BCUT2D eigenvalue weighted by Gasteiger charge is -2.32.